The number of para-hydroxylation sites is 1. The number of rotatable bonds is 7. The number of nitro benzene ring substituents is 1. The van der Waals surface area contributed by atoms with E-state index >= 15 is 0 Å². The number of amides is 1. The van der Waals surface area contributed by atoms with Crippen LogP contribution in [-0.4, -0.2) is 30.0 Å². The number of carbonyl (C=O) groups is 2. The Morgan fingerprint density at radius 2 is 1.83 bits per heavy atom. The van der Waals surface area contributed by atoms with E-state index in [4.69, 9.17) is 9.47 Å². The summed E-state index contributed by atoms with van der Waals surface area (Å²) in [6, 6.07) is 9.44. The molecule has 8 nitrogen and oxygen atoms in total. The smallest absolute Gasteiger partial charge is 0.339 e. The molecule has 29 heavy (non-hydrogen) atoms. The maximum absolute atomic E-state index is 12.6. The minimum absolute atomic E-state index is 0.0260. The minimum Gasteiger partial charge on any atom is -0.490 e. The summed E-state index contributed by atoms with van der Waals surface area (Å²) in [6.07, 6.45) is -1.09. The van der Waals surface area contributed by atoms with Crippen LogP contribution in [0.2, 0.25) is 0 Å². The highest BCUT2D eigenvalue weighted by Crippen LogP contribution is 2.29. The molecule has 0 spiro atoms. The van der Waals surface area contributed by atoms with Crippen molar-refractivity contribution in [2.75, 3.05) is 12.4 Å². The Balaban J connectivity index is 2.16. The summed E-state index contributed by atoms with van der Waals surface area (Å²) >= 11 is 0. The van der Waals surface area contributed by atoms with Crippen LogP contribution in [-0.2, 0) is 9.53 Å². The van der Waals surface area contributed by atoms with Gasteiger partial charge >= 0.3 is 11.7 Å². The first kappa shape index (κ1) is 21.9. The lowest BCUT2D eigenvalue weighted by Crippen LogP contribution is -2.30. The van der Waals surface area contributed by atoms with Gasteiger partial charge in [0, 0.05) is 11.8 Å². The van der Waals surface area contributed by atoms with Crippen LogP contribution >= 0.6 is 0 Å². The number of ether oxygens (including phenoxy) is 2. The third kappa shape index (κ3) is 5.10. The second-order valence-electron chi connectivity index (χ2n) is 6.87. The fraction of sp³-hybridized carbons (Fsp3) is 0.333. The molecule has 0 aromatic heterocycles. The molecule has 0 bridgehead atoms. The van der Waals surface area contributed by atoms with Gasteiger partial charge in [-0.15, -0.1) is 0 Å². The molecule has 0 radical (unpaired) electrons. The van der Waals surface area contributed by atoms with E-state index in [0.29, 0.717) is 5.69 Å². The summed E-state index contributed by atoms with van der Waals surface area (Å²) in [5, 5.41) is 13.9. The third-order valence-electron chi connectivity index (χ3n) is 4.44. The van der Waals surface area contributed by atoms with E-state index in [1.807, 2.05) is 39.0 Å². The molecule has 0 aliphatic heterocycles. The summed E-state index contributed by atoms with van der Waals surface area (Å²) in [5.74, 6) is -1.11. The molecule has 8 heteroatoms. The molecule has 1 amide bonds. The Bertz CT molecular complexity index is 939. The quantitative estimate of drug-likeness (QED) is 0.423. The summed E-state index contributed by atoms with van der Waals surface area (Å²) in [4.78, 5) is 35.4. The van der Waals surface area contributed by atoms with Crippen molar-refractivity contribution in [3.05, 3.63) is 63.2 Å². The molecule has 2 aromatic rings. The highest BCUT2D eigenvalue weighted by Gasteiger charge is 2.24. The van der Waals surface area contributed by atoms with E-state index in [9.17, 15) is 19.7 Å². The van der Waals surface area contributed by atoms with Gasteiger partial charge < -0.3 is 14.8 Å². The topological polar surface area (TPSA) is 108 Å². The lowest BCUT2D eigenvalue weighted by molar-refractivity contribution is -0.385. The monoisotopic (exact) mass is 400 g/mol. The van der Waals surface area contributed by atoms with Crippen LogP contribution in [0.4, 0.5) is 11.4 Å². The zero-order valence-electron chi connectivity index (χ0n) is 17.0. The Morgan fingerprint density at radius 1 is 1.14 bits per heavy atom. The molecule has 0 heterocycles. The number of hydrogen-bond acceptors (Lipinski definition) is 6. The molecule has 0 aliphatic carbocycles. The van der Waals surface area contributed by atoms with Crippen molar-refractivity contribution < 1.29 is 24.0 Å². The Kier molecular flexibility index (Phi) is 6.93. The molecule has 0 unspecified atom stereocenters. The molecular formula is C21H24N2O6. The first-order valence-electron chi connectivity index (χ1n) is 9.09. The number of nitrogens with one attached hydrogen (secondary N) is 1. The molecule has 1 N–H and O–H groups in total. The lowest BCUT2D eigenvalue weighted by atomic mass is 9.98. The van der Waals surface area contributed by atoms with Crippen LogP contribution in [0.3, 0.4) is 0 Å². The standard InChI is InChI=1S/C21H24N2O6/c1-12(2)16-8-6-7-13(3)19(16)22-20(24)14(4)29-21(25)15-9-10-18(28-5)17(11-15)23(26)27/h6-12,14H,1-5H3,(H,22,24)/t14-/m0/s1. The van der Waals surface area contributed by atoms with Crippen molar-refractivity contribution in [2.24, 2.45) is 0 Å². The van der Waals surface area contributed by atoms with Crippen LogP contribution in [0.5, 0.6) is 5.75 Å². The number of esters is 1. The van der Waals surface area contributed by atoms with E-state index in [2.05, 4.69) is 5.32 Å². The number of aryl methyl sites for hydroxylation is 1. The summed E-state index contributed by atoms with van der Waals surface area (Å²) in [5.41, 5.74) is 2.16. The number of anilines is 1. The summed E-state index contributed by atoms with van der Waals surface area (Å²) in [6.45, 7) is 7.36. The average Bonchev–Trinajstić information content (AvgIpc) is 2.68. The van der Waals surface area contributed by atoms with Crippen molar-refractivity contribution in [2.45, 2.75) is 39.7 Å². The molecule has 154 valence electrons. The van der Waals surface area contributed by atoms with Gasteiger partial charge in [0.25, 0.3) is 5.91 Å². The third-order valence-corrected chi connectivity index (χ3v) is 4.44. The first-order valence-corrected chi connectivity index (χ1v) is 9.09. The zero-order valence-corrected chi connectivity index (χ0v) is 17.0. The maximum Gasteiger partial charge on any atom is 0.339 e. The number of nitro groups is 1. The fourth-order valence-corrected chi connectivity index (χ4v) is 2.81. The van der Waals surface area contributed by atoms with E-state index < -0.39 is 22.9 Å². The average molecular weight is 400 g/mol. The SMILES string of the molecule is COc1ccc(C(=O)O[C@@H](C)C(=O)Nc2c(C)cccc2C(C)C)cc1[N+](=O)[O-]. The van der Waals surface area contributed by atoms with Crippen molar-refractivity contribution in [1.82, 2.24) is 0 Å². The molecule has 0 fully saturated rings. The lowest BCUT2D eigenvalue weighted by Gasteiger charge is -2.19. The van der Waals surface area contributed by atoms with E-state index in [-0.39, 0.29) is 22.9 Å². The number of nitrogens with zero attached hydrogens (tertiary/aromatic N) is 1. The second kappa shape index (κ2) is 9.18. The van der Waals surface area contributed by atoms with Gasteiger partial charge in [0.1, 0.15) is 0 Å². The van der Waals surface area contributed by atoms with Gasteiger partial charge in [0.15, 0.2) is 11.9 Å². The molecule has 0 aliphatic rings. The molecule has 0 saturated heterocycles. The summed E-state index contributed by atoms with van der Waals surface area (Å²) < 4.78 is 10.1. The minimum atomic E-state index is -1.09. The van der Waals surface area contributed by atoms with Gasteiger partial charge in [-0.3, -0.25) is 14.9 Å². The van der Waals surface area contributed by atoms with Crippen molar-refractivity contribution in [3.63, 3.8) is 0 Å². The van der Waals surface area contributed by atoms with E-state index in [0.717, 1.165) is 17.2 Å². The van der Waals surface area contributed by atoms with Crippen LogP contribution in [0.1, 0.15) is 48.2 Å². The van der Waals surface area contributed by atoms with Gasteiger partial charge in [-0.25, -0.2) is 4.79 Å². The molecule has 1 atom stereocenters. The molecular weight excluding hydrogens is 376 g/mol. The van der Waals surface area contributed by atoms with Gasteiger partial charge in [0.05, 0.1) is 17.6 Å². The van der Waals surface area contributed by atoms with Crippen molar-refractivity contribution in [1.29, 1.82) is 0 Å². The number of carbonyl (C=O) groups excluding carboxylic acids is 2. The van der Waals surface area contributed by atoms with Crippen LogP contribution in [0.25, 0.3) is 0 Å². The van der Waals surface area contributed by atoms with E-state index in [1.165, 1.54) is 26.2 Å². The van der Waals surface area contributed by atoms with Crippen molar-refractivity contribution >= 4 is 23.3 Å². The maximum atomic E-state index is 12.6. The normalized spacial score (nSPS) is 11.7. The predicted octanol–water partition coefficient (Wildman–Crippen LogP) is 4.22. The number of benzene rings is 2. The first-order chi connectivity index (χ1) is 13.6. The number of hydrogen-bond donors (Lipinski definition) is 1. The summed E-state index contributed by atoms with van der Waals surface area (Å²) in [7, 11) is 1.30. The van der Waals surface area contributed by atoms with E-state index in [1.54, 1.807) is 0 Å². The molecule has 2 aromatic carbocycles. The van der Waals surface area contributed by atoms with Gasteiger partial charge in [0.2, 0.25) is 0 Å². The molecule has 0 saturated carbocycles. The molecule has 2 rings (SSSR count). The van der Waals surface area contributed by atoms with Crippen LogP contribution < -0.4 is 10.1 Å². The Hall–Kier alpha value is -3.42. The largest absolute Gasteiger partial charge is 0.490 e. The second-order valence-corrected chi connectivity index (χ2v) is 6.87. The van der Waals surface area contributed by atoms with Crippen LogP contribution in [0, 0.1) is 17.0 Å². The van der Waals surface area contributed by atoms with Crippen LogP contribution in [0.15, 0.2) is 36.4 Å². The Labute approximate surface area is 169 Å². The van der Waals surface area contributed by atoms with Gasteiger partial charge in [-0.05, 0) is 43.0 Å². The van der Waals surface area contributed by atoms with Gasteiger partial charge in [-0.2, -0.15) is 0 Å². The van der Waals surface area contributed by atoms with Crippen molar-refractivity contribution in [3.8, 4) is 5.75 Å². The predicted molar refractivity (Wildman–Crippen MR) is 108 cm³/mol. The zero-order chi connectivity index (χ0) is 21.7. The highest BCUT2D eigenvalue weighted by atomic mass is 16.6. The fourth-order valence-electron chi connectivity index (χ4n) is 2.81. The highest BCUT2D eigenvalue weighted by molar-refractivity contribution is 5.98. The Morgan fingerprint density at radius 3 is 2.41 bits per heavy atom. The van der Waals surface area contributed by atoms with Gasteiger partial charge in [-0.1, -0.05) is 32.0 Å². The number of methoxy groups -OCH3 is 1.